The molecule has 0 saturated heterocycles. The number of hydrogen-bond donors (Lipinski definition) is 2. The monoisotopic (exact) mass is 437 g/mol. The van der Waals surface area contributed by atoms with Crippen LogP contribution in [0, 0.1) is 23.2 Å². The van der Waals surface area contributed by atoms with Crippen molar-refractivity contribution >= 4 is 34.1 Å². The largest absolute Gasteiger partial charge is 0.382 e. The first-order chi connectivity index (χ1) is 15.1. The fourth-order valence-corrected chi connectivity index (χ4v) is 7.74. The van der Waals surface area contributed by atoms with Gasteiger partial charge >= 0.3 is 0 Å². The van der Waals surface area contributed by atoms with Gasteiger partial charge in [0.15, 0.2) is 0 Å². The number of nitrogens with zero attached hydrogens (tertiary/aromatic N) is 1. The van der Waals surface area contributed by atoms with E-state index in [0.29, 0.717) is 23.0 Å². The molecule has 2 N–H and O–H groups in total. The van der Waals surface area contributed by atoms with Gasteiger partial charge in [0.2, 0.25) is 5.91 Å². The Morgan fingerprint density at radius 3 is 2.26 bits per heavy atom. The molecule has 5 aliphatic carbocycles. The molecule has 5 heteroatoms. The lowest BCUT2D eigenvalue weighted by Crippen LogP contribution is -2.55. The topological polar surface area (TPSA) is 54.0 Å². The molecular weight excluding hydrogens is 406 g/mol. The number of halogens is 1. The third kappa shape index (κ3) is 3.71. The van der Waals surface area contributed by atoms with Crippen LogP contribution in [0.15, 0.2) is 30.5 Å². The molecule has 4 bridgehead atoms. The maximum Gasteiger partial charge on any atom is 0.226 e. The van der Waals surface area contributed by atoms with Crippen molar-refractivity contribution in [2.75, 3.05) is 5.32 Å². The van der Waals surface area contributed by atoms with Crippen LogP contribution in [0.1, 0.15) is 64.2 Å². The molecule has 1 aromatic carbocycles. The van der Waals surface area contributed by atoms with Crippen LogP contribution in [-0.2, 0) is 4.79 Å². The lowest BCUT2D eigenvalue weighted by molar-refractivity contribution is -0.147. The molecule has 0 unspecified atom stereocenters. The second kappa shape index (κ2) is 7.65. The normalized spacial score (nSPS) is 36.5. The summed E-state index contributed by atoms with van der Waals surface area (Å²) in [6.07, 6.45) is 13.8. The molecule has 31 heavy (non-hydrogen) atoms. The fourth-order valence-electron chi connectivity index (χ4n) is 7.58. The number of aromatic nitrogens is 1. The van der Waals surface area contributed by atoms with Gasteiger partial charge in [0.1, 0.15) is 0 Å². The van der Waals surface area contributed by atoms with Gasteiger partial charge in [0.05, 0.1) is 5.52 Å². The van der Waals surface area contributed by atoms with Crippen molar-refractivity contribution in [2.45, 2.75) is 76.3 Å². The maximum absolute atomic E-state index is 13.4. The van der Waals surface area contributed by atoms with Crippen molar-refractivity contribution in [2.24, 2.45) is 23.2 Å². The molecule has 5 fully saturated rings. The number of amides is 1. The van der Waals surface area contributed by atoms with E-state index >= 15 is 0 Å². The molecule has 1 amide bonds. The van der Waals surface area contributed by atoms with Gasteiger partial charge < -0.3 is 10.6 Å². The summed E-state index contributed by atoms with van der Waals surface area (Å²) in [7, 11) is 0. The van der Waals surface area contributed by atoms with E-state index < -0.39 is 0 Å². The number of rotatable bonds is 4. The van der Waals surface area contributed by atoms with Gasteiger partial charge in [-0.25, -0.2) is 0 Å². The lowest BCUT2D eigenvalue weighted by atomic mass is 9.49. The number of nitrogens with one attached hydrogen (secondary N) is 2. The molecule has 5 saturated carbocycles. The fraction of sp³-hybridized carbons (Fsp3) is 0.615. The number of benzene rings is 1. The Labute approximate surface area is 189 Å². The van der Waals surface area contributed by atoms with E-state index in [1.165, 1.54) is 19.3 Å². The van der Waals surface area contributed by atoms with E-state index in [2.05, 4.69) is 21.7 Å². The highest BCUT2D eigenvalue weighted by molar-refractivity contribution is 6.31. The number of carbonyl (C=O) groups excluding carboxylic acids is 1. The third-order valence-corrected chi connectivity index (χ3v) is 8.88. The number of pyridine rings is 1. The van der Waals surface area contributed by atoms with Crippen LogP contribution in [0.4, 0.5) is 5.69 Å². The Bertz CT molecular complexity index is 962. The van der Waals surface area contributed by atoms with Gasteiger partial charge in [0.25, 0.3) is 0 Å². The second-order valence-electron chi connectivity index (χ2n) is 10.9. The quantitative estimate of drug-likeness (QED) is 0.621. The molecule has 164 valence electrons. The molecule has 0 aliphatic heterocycles. The van der Waals surface area contributed by atoms with Crippen LogP contribution in [0.2, 0.25) is 5.02 Å². The Morgan fingerprint density at radius 1 is 0.935 bits per heavy atom. The zero-order chi connectivity index (χ0) is 21.0. The van der Waals surface area contributed by atoms with Crippen LogP contribution >= 0.6 is 11.6 Å². The Morgan fingerprint density at radius 2 is 1.58 bits per heavy atom. The Balaban J connectivity index is 1.07. The predicted molar refractivity (Wildman–Crippen MR) is 125 cm³/mol. The molecule has 1 heterocycles. The highest BCUT2D eigenvalue weighted by Crippen LogP contribution is 2.60. The minimum atomic E-state index is -0.0267. The summed E-state index contributed by atoms with van der Waals surface area (Å²) in [5.41, 5.74) is 2.03. The van der Waals surface area contributed by atoms with Crippen molar-refractivity contribution in [1.82, 2.24) is 10.3 Å². The Kier molecular flexibility index (Phi) is 4.90. The van der Waals surface area contributed by atoms with Crippen LogP contribution in [-0.4, -0.2) is 23.0 Å². The van der Waals surface area contributed by atoms with Gasteiger partial charge in [-0.2, -0.15) is 0 Å². The predicted octanol–water partition coefficient (Wildman–Crippen LogP) is 5.94. The first kappa shape index (κ1) is 19.8. The zero-order valence-corrected chi connectivity index (χ0v) is 18.8. The zero-order valence-electron chi connectivity index (χ0n) is 18.1. The molecule has 0 atom stereocenters. The number of fused-ring (bicyclic) bond motifs is 1. The summed E-state index contributed by atoms with van der Waals surface area (Å²) >= 11 is 6.12. The van der Waals surface area contributed by atoms with Crippen molar-refractivity contribution < 1.29 is 4.79 Å². The first-order valence-electron chi connectivity index (χ1n) is 12.2. The van der Waals surface area contributed by atoms with Crippen molar-refractivity contribution in [1.29, 1.82) is 0 Å². The average molecular weight is 438 g/mol. The van der Waals surface area contributed by atoms with Gasteiger partial charge in [-0.3, -0.25) is 9.78 Å². The highest BCUT2D eigenvalue weighted by Gasteiger charge is 2.54. The standard InChI is InChI=1S/C26H32ClN3O/c27-19-1-6-22-23(7-8-28-24(22)12-19)29-20-2-4-21(5-3-20)30-25(31)26-13-16-9-17(14-26)11-18(10-16)15-26/h1,6-8,12,16-18,20-21H,2-5,9-11,13-15H2,(H,28,29)(H,30,31). The first-order valence-corrected chi connectivity index (χ1v) is 12.6. The molecular formula is C26H32ClN3O. The van der Waals surface area contributed by atoms with Crippen LogP contribution < -0.4 is 10.6 Å². The minimum Gasteiger partial charge on any atom is -0.382 e. The molecule has 1 aromatic heterocycles. The number of hydrogen-bond acceptors (Lipinski definition) is 3. The van der Waals surface area contributed by atoms with E-state index in [1.807, 2.05) is 24.4 Å². The van der Waals surface area contributed by atoms with Gasteiger partial charge in [-0.15, -0.1) is 0 Å². The summed E-state index contributed by atoms with van der Waals surface area (Å²) in [6, 6.07) is 8.72. The van der Waals surface area contributed by atoms with E-state index in [0.717, 1.165) is 79.3 Å². The average Bonchev–Trinajstić information content (AvgIpc) is 2.74. The highest BCUT2D eigenvalue weighted by atomic mass is 35.5. The Hall–Kier alpha value is -1.81. The molecule has 7 rings (SSSR count). The summed E-state index contributed by atoms with van der Waals surface area (Å²) in [5, 5.41) is 9.06. The van der Waals surface area contributed by atoms with Crippen LogP contribution in [0.3, 0.4) is 0 Å². The third-order valence-electron chi connectivity index (χ3n) is 8.65. The summed E-state index contributed by atoms with van der Waals surface area (Å²) in [5.74, 6) is 2.85. The van der Waals surface area contributed by atoms with Gasteiger partial charge in [-0.05, 0) is 106 Å². The number of anilines is 1. The summed E-state index contributed by atoms with van der Waals surface area (Å²) < 4.78 is 0. The van der Waals surface area contributed by atoms with Crippen LogP contribution in [0.25, 0.3) is 10.9 Å². The summed E-state index contributed by atoms with van der Waals surface area (Å²) in [4.78, 5) is 17.8. The van der Waals surface area contributed by atoms with Crippen molar-refractivity contribution in [3.8, 4) is 0 Å². The molecule has 2 aromatic rings. The van der Waals surface area contributed by atoms with Crippen LogP contribution in [0.5, 0.6) is 0 Å². The van der Waals surface area contributed by atoms with E-state index in [-0.39, 0.29) is 5.41 Å². The molecule has 0 radical (unpaired) electrons. The smallest absolute Gasteiger partial charge is 0.226 e. The van der Waals surface area contributed by atoms with E-state index in [1.54, 1.807) is 0 Å². The van der Waals surface area contributed by atoms with E-state index in [9.17, 15) is 4.79 Å². The second-order valence-corrected chi connectivity index (χ2v) is 11.3. The number of carbonyl (C=O) groups is 1. The van der Waals surface area contributed by atoms with Gasteiger partial charge in [0, 0.05) is 39.8 Å². The van der Waals surface area contributed by atoms with Gasteiger partial charge in [-0.1, -0.05) is 11.6 Å². The van der Waals surface area contributed by atoms with E-state index in [4.69, 9.17) is 11.6 Å². The maximum atomic E-state index is 13.4. The molecule has 0 spiro atoms. The van der Waals surface area contributed by atoms with Crippen molar-refractivity contribution in [3.63, 3.8) is 0 Å². The molecule has 5 aliphatic rings. The lowest BCUT2D eigenvalue weighted by Gasteiger charge is -2.56. The SMILES string of the molecule is O=C(NC1CCC(Nc2ccnc3cc(Cl)ccc23)CC1)C12CC3CC(CC(C3)C1)C2. The minimum absolute atomic E-state index is 0.0267. The summed E-state index contributed by atoms with van der Waals surface area (Å²) in [6.45, 7) is 0. The van der Waals surface area contributed by atoms with Crippen molar-refractivity contribution in [3.05, 3.63) is 35.5 Å². The molecule has 4 nitrogen and oxygen atoms in total.